The Balaban J connectivity index is 2.20. The first-order valence-corrected chi connectivity index (χ1v) is 5.47. The van der Waals surface area contributed by atoms with E-state index in [0.29, 0.717) is 5.02 Å². The number of aromatic nitrogens is 2. The van der Waals surface area contributed by atoms with E-state index in [1.807, 2.05) is 7.05 Å². The van der Waals surface area contributed by atoms with Gasteiger partial charge in [-0.05, 0) is 6.07 Å². The van der Waals surface area contributed by atoms with Gasteiger partial charge in [0.05, 0.1) is 23.1 Å². The molecule has 0 amide bonds. The van der Waals surface area contributed by atoms with Gasteiger partial charge in [0, 0.05) is 24.2 Å². The fraction of sp³-hybridized carbons (Fsp3) is 0.182. The smallest absolute Gasteiger partial charge is 0.311 e. The van der Waals surface area contributed by atoms with Gasteiger partial charge in [-0.2, -0.15) is 0 Å². The highest BCUT2D eigenvalue weighted by molar-refractivity contribution is 6.30. The number of imidazole rings is 1. The second kappa shape index (κ2) is 5.05. The zero-order chi connectivity index (χ0) is 13.1. The van der Waals surface area contributed by atoms with Crippen molar-refractivity contribution in [2.75, 3.05) is 0 Å². The van der Waals surface area contributed by atoms with Crippen molar-refractivity contribution in [1.82, 2.24) is 9.55 Å². The highest BCUT2D eigenvalue weighted by Gasteiger charge is 2.15. The molecule has 0 bridgehead atoms. The molecule has 0 unspecified atom stereocenters. The lowest BCUT2D eigenvalue weighted by atomic mass is 10.3. The fourth-order valence-electron chi connectivity index (χ4n) is 1.43. The molecule has 6 nitrogen and oxygen atoms in total. The van der Waals surface area contributed by atoms with Crippen LogP contribution in [0.15, 0.2) is 30.7 Å². The Hall–Kier alpha value is -2.08. The lowest BCUT2D eigenvalue weighted by Crippen LogP contribution is -2.03. The van der Waals surface area contributed by atoms with E-state index < -0.39 is 4.92 Å². The summed E-state index contributed by atoms with van der Waals surface area (Å²) in [6.07, 6.45) is 3.27. The predicted octanol–water partition coefficient (Wildman–Crippen LogP) is 2.56. The number of ether oxygens (including phenoxy) is 1. The summed E-state index contributed by atoms with van der Waals surface area (Å²) in [5, 5.41) is 11.2. The third-order valence-corrected chi connectivity index (χ3v) is 2.65. The minimum absolute atomic E-state index is 0.110. The molecule has 0 spiro atoms. The van der Waals surface area contributed by atoms with Crippen LogP contribution in [0.1, 0.15) is 5.69 Å². The number of aryl methyl sites for hydroxylation is 1. The molecular weight excluding hydrogens is 258 g/mol. The minimum Gasteiger partial charge on any atom is -0.480 e. The van der Waals surface area contributed by atoms with Gasteiger partial charge in [-0.15, -0.1) is 0 Å². The fourth-order valence-corrected chi connectivity index (χ4v) is 1.59. The minimum atomic E-state index is -0.505. The monoisotopic (exact) mass is 267 g/mol. The normalized spacial score (nSPS) is 10.3. The van der Waals surface area contributed by atoms with Crippen molar-refractivity contribution >= 4 is 17.3 Å². The molecule has 1 heterocycles. The average Bonchev–Trinajstić information content (AvgIpc) is 2.72. The summed E-state index contributed by atoms with van der Waals surface area (Å²) in [7, 11) is 1.82. The van der Waals surface area contributed by atoms with E-state index in [1.54, 1.807) is 17.1 Å². The number of benzene rings is 1. The van der Waals surface area contributed by atoms with E-state index in [2.05, 4.69) is 4.98 Å². The summed E-state index contributed by atoms with van der Waals surface area (Å²) in [6.45, 7) is 0.192. The molecule has 2 aromatic rings. The van der Waals surface area contributed by atoms with Crippen LogP contribution in [0.4, 0.5) is 5.69 Å². The summed E-state index contributed by atoms with van der Waals surface area (Å²) in [5.41, 5.74) is 0.700. The summed E-state index contributed by atoms with van der Waals surface area (Å²) in [4.78, 5) is 14.3. The molecule has 0 saturated carbocycles. The van der Waals surface area contributed by atoms with Crippen LogP contribution in [0, 0.1) is 10.1 Å². The Bertz CT molecular complexity index is 583. The van der Waals surface area contributed by atoms with E-state index in [0.717, 1.165) is 5.69 Å². The molecule has 0 atom stereocenters. The molecule has 7 heteroatoms. The Labute approximate surface area is 108 Å². The number of halogens is 1. The van der Waals surface area contributed by atoms with Gasteiger partial charge in [0.1, 0.15) is 6.61 Å². The van der Waals surface area contributed by atoms with Crippen molar-refractivity contribution in [2.24, 2.45) is 7.05 Å². The first kappa shape index (κ1) is 12.4. The van der Waals surface area contributed by atoms with Gasteiger partial charge in [0.15, 0.2) is 5.75 Å². The number of hydrogen-bond acceptors (Lipinski definition) is 4. The third-order valence-electron chi connectivity index (χ3n) is 2.41. The number of nitrogens with zero attached hydrogens (tertiary/aromatic N) is 3. The maximum atomic E-state index is 10.8. The van der Waals surface area contributed by atoms with Crippen molar-refractivity contribution in [2.45, 2.75) is 6.61 Å². The topological polar surface area (TPSA) is 70.2 Å². The van der Waals surface area contributed by atoms with Gasteiger partial charge in [-0.3, -0.25) is 10.1 Å². The quantitative estimate of drug-likeness (QED) is 0.630. The van der Waals surface area contributed by atoms with E-state index in [9.17, 15) is 10.1 Å². The molecule has 0 N–H and O–H groups in total. The largest absolute Gasteiger partial charge is 0.480 e. The van der Waals surface area contributed by atoms with Crippen molar-refractivity contribution < 1.29 is 9.66 Å². The molecule has 1 aromatic heterocycles. The van der Waals surface area contributed by atoms with E-state index in [4.69, 9.17) is 16.3 Å². The Kier molecular flexibility index (Phi) is 3.47. The molecule has 0 aliphatic heterocycles. The first-order valence-electron chi connectivity index (χ1n) is 5.10. The Morgan fingerprint density at radius 2 is 2.33 bits per heavy atom. The van der Waals surface area contributed by atoms with Crippen LogP contribution < -0.4 is 4.74 Å². The van der Waals surface area contributed by atoms with E-state index in [1.165, 1.54) is 18.2 Å². The molecule has 0 fully saturated rings. The molecule has 0 radical (unpaired) electrons. The molecule has 18 heavy (non-hydrogen) atoms. The number of nitro benzene ring substituents is 1. The Morgan fingerprint density at radius 3 is 2.94 bits per heavy atom. The van der Waals surface area contributed by atoms with Crippen LogP contribution in [0.25, 0.3) is 0 Å². The molecular formula is C11H10ClN3O3. The van der Waals surface area contributed by atoms with Gasteiger partial charge in [0.25, 0.3) is 0 Å². The van der Waals surface area contributed by atoms with Crippen molar-refractivity contribution in [3.05, 3.63) is 51.6 Å². The second-order valence-corrected chi connectivity index (χ2v) is 4.09. The third kappa shape index (κ3) is 2.60. The van der Waals surface area contributed by atoms with Crippen LogP contribution in [-0.4, -0.2) is 14.5 Å². The SMILES string of the molecule is Cn1cncc1COc1cc(Cl)ccc1[N+](=O)[O-]. The molecule has 2 rings (SSSR count). The molecule has 1 aromatic carbocycles. The van der Waals surface area contributed by atoms with Crippen LogP contribution in [0.2, 0.25) is 5.02 Å². The molecule has 0 aliphatic rings. The van der Waals surface area contributed by atoms with Crippen molar-refractivity contribution in [3.8, 4) is 5.75 Å². The molecule has 0 saturated heterocycles. The van der Waals surface area contributed by atoms with Crippen LogP contribution in [-0.2, 0) is 13.7 Å². The van der Waals surface area contributed by atoms with Gasteiger partial charge in [-0.25, -0.2) is 4.98 Å². The van der Waals surface area contributed by atoms with Crippen molar-refractivity contribution in [3.63, 3.8) is 0 Å². The lowest BCUT2D eigenvalue weighted by Gasteiger charge is -2.07. The maximum Gasteiger partial charge on any atom is 0.311 e. The highest BCUT2D eigenvalue weighted by atomic mass is 35.5. The van der Waals surface area contributed by atoms with E-state index >= 15 is 0 Å². The van der Waals surface area contributed by atoms with Crippen LogP contribution >= 0.6 is 11.6 Å². The summed E-state index contributed by atoms with van der Waals surface area (Å²) in [5.74, 6) is 0.147. The number of nitro groups is 1. The zero-order valence-corrected chi connectivity index (χ0v) is 10.3. The Morgan fingerprint density at radius 1 is 1.56 bits per heavy atom. The maximum absolute atomic E-state index is 10.8. The van der Waals surface area contributed by atoms with Gasteiger partial charge in [0.2, 0.25) is 0 Å². The lowest BCUT2D eigenvalue weighted by molar-refractivity contribution is -0.385. The predicted molar refractivity (Wildman–Crippen MR) is 65.6 cm³/mol. The van der Waals surface area contributed by atoms with Gasteiger partial charge in [-0.1, -0.05) is 11.6 Å². The first-order chi connectivity index (χ1) is 8.58. The van der Waals surface area contributed by atoms with Gasteiger partial charge < -0.3 is 9.30 Å². The summed E-state index contributed by atoms with van der Waals surface area (Å²) in [6, 6.07) is 4.20. The van der Waals surface area contributed by atoms with Crippen LogP contribution in [0.3, 0.4) is 0 Å². The second-order valence-electron chi connectivity index (χ2n) is 3.65. The van der Waals surface area contributed by atoms with Gasteiger partial charge >= 0.3 is 5.69 Å². The van der Waals surface area contributed by atoms with E-state index in [-0.39, 0.29) is 18.0 Å². The highest BCUT2D eigenvalue weighted by Crippen LogP contribution is 2.30. The zero-order valence-electron chi connectivity index (χ0n) is 9.54. The summed E-state index contributed by atoms with van der Waals surface area (Å²) < 4.78 is 7.19. The molecule has 0 aliphatic carbocycles. The molecule has 94 valence electrons. The summed E-state index contributed by atoms with van der Waals surface area (Å²) >= 11 is 5.79. The standard InChI is InChI=1S/C11H10ClN3O3/c1-14-7-13-5-9(14)6-18-11-4-8(12)2-3-10(11)15(16)17/h2-5,7H,6H2,1H3. The van der Waals surface area contributed by atoms with Crippen LogP contribution in [0.5, 0.6) is 5.75 Å². The van der Waals surface area contributed by atoms with Crippen molar-refractivity contribution in [1.29, 1.82) is 0 Å². The number of rotatable bonds is 4. The number of hydrogen-bond donors (Lipinski definition) is 0. The average molecular weight is 268 g/mol.